The number of hydrogen-bond acceptors (Lipinski definition) is 9. The molecule has 0 aliphatic carbocycles. The molecule has 13 heteroatoms. The SMILES string of the molecule is COC(=O)c1ccc2nc(Cc3cc(F)c(-c4cccc(OCc5ccc(C(=O)NCC#N)nc5)n4)cc3F)n(CC3CCO3)c2c1. The minimum Gasteiger partial charge on any atom is -0.473 e. The molecule has 47 heavy (non-hydrogen) atoms. The van der Waals surface area contributed by atoms with Crippen molar-refractivity contribution in [2.75, 3.05) is 20.3 Å². The Bertz CT molecular complexity index is 2000. The predicted octanol–water partition coefficient (Wildman–Crippen LogP) is 4.77. The van der Waals surface area contributed by atoms with Gasteiger partial charge in [0.15, 0.2) is 0 Å². The summed E-state index contributed by atoms with van der Waals surface area (Å²) in [7, 11) is 1.31. The number of nitrogens with zero attached hydrogens (tertiary/aromatic N) is 5. The Morgan fingerprint density at radius 3 is 2.68 bits per heavy atom. The molecule has 0 radical (unpaired) electrons. The summed E-state index contributed by atoms with van der Waals surface area (Å²) in [4.78, 5) is 37.2. The molecule has 6 rings (SSSR count). The van der Waals surface area contributed by atoms with E-state index in [4.69, 9.17) is 19.5 Å². The number of aromatic nitrogens is 4. The summed E-state index contributed by atoms with van der Waals surface area (Å²) in [6, 6.07) is 17.0. The van der Waals surface area contributed by atoms with Gasteiger partial charge in [-0.05, 0) is 54.4 Å². The second-order valence-electron chi connectivity index (χ2n) is 10.8. The summed E-state index contributed by atoms with van der Waals surface area (Å²) < 4.78 is 49.2. The average molecular weight is 639 g/mol. The number of carbonyl (C=O) groups is 2. The van der Waals surface area contributed by atoms with Gasteiger partial charge in [-0.25, -0.2) is 23.5 Å². The maximum atomic E-state index is 15.6. The Morgan fingerprint density at radius 1 is 1.11 bits per heavy atom. The molecule has 1 N–H and O–H groups in total. The normalized spacial score (nSPS) is 13.9. The molecule has 4 heterocycles. The number of carbonyl (C=O) groups excluding carboxylic acids is 2. The highest BCUT2D eigenvalue weighted by molar-refractivity contribution is 5.94. The third-order valence-electron chi connectivity index (χ3n) is 7.68. The molecule has 0 bridgehead atoms. The molecule has 1 fully saturated rings. The molecule has 5 aromatic rings. The molecular formula is C34H28F2N6O5. The Morgan fingerprint density at radius 2 is 1.96 bits per heavy atom. The van der Waals surface area contributed by atoms with E-state index in [2.05, 4.69) is 20.3 Å². The summed E-state index contributed by atoms with van der Waals surface area (Å²) in [6.45, 7) is 1.04. The van der Waals surface area contributed by atoms with Gasteiger partial charge in [0.25, 0.3) is 5.91 Å². The number of pyridine rings is 2. The van der Waals surface area contributed by atoms with Crippen LogP contribution >= 0.6 is 0 Å². The number of halogens is 2. The van der Waals surface area contributed by atoms with Gasteiger partial charge < -0.3 is 24.1 Å². The summed E-state index contributed by atoms with van der Waals surface area (Å²) in [6.07, 6.45) is 2.27. The first-order valence-electron chi connectivity index (χ1n) is 14.7. The van der Waals surface area contributed by atoms with Crippen LogP contribution in [0.1, 0.15) is 44.2 Å². The smallest absolute Gasteiger partial charge is 0.337 e. The maximum Gasteiger partial charge on any atom is 0.337 e. The summed E-state index contributed by atoms with van der Waals surface area (Å²) >= 11 is 0. The second kappa shape index (κ2) is 13.7. The predicted molar refractivity (Wildman–Crippen MR) is 164 cm³/mol. The molecular weight excluding hydrogens is 610 g/mol. The lowest BCUT2D eigenvalue weighted by Crippen LogP contribution is -2.31. The lowest BCUT2D eigenvalue weighted by Gasteiger charge is -2.27. The zero-order chi connectivity index (χ0) is 32.9. The molecule has 1 aliphatic rings. The molecule has 3 aromatic heterocycles. The van der Waals surface area contributed by atoms with Crippen LogP contribution in [-0.2, 0) is 29.0 Å². The van der Waals surface area contributed by atoms with E-state index >= 15 is 8.78 Å². The Hall–Kier alpha value is -5.74. The van der Waals surface area contributed by atoms with Gasteiger partial charge in [-0.2, -0.15) is 5.26 Å². The third-order valence-corrected chi connectivity index (χ3v) is 7.68. The Labute approximate surface area is 267 Å². The minimum atomic E-state index is -0.668. The number of esters is 1. The van der Waals surface area contributed by atoms with E-state index < -0.39 is 23.5 Å². The highest BCUT2D eigenvalue weighted by Crippen LogP contribution is 2.29. The van der Waals surface area contributed by atoms with Gasteiger partial charge in [0.05, 0.1) is 48.1 Å². The van der Waals surface area contributed by atoms with Crippen molar-refractivity contribution in [3.05, 3.63) is 107 Å². The molecule has 1 unspecified atom stereocenters. The third kappa shape index (κ3) is 6.92. The van der Waals surface area contributed by atoms with Gasteiger partial charge >= 0.3 is 5.97 Å². The minimum absolute atomic E-state index is 0.00137. The molecule has 1 amide bonds. The van der Waals surface area contributed by atoms with Crippen molar-refractivity contribution in [2.45, 2.75) is 32.1 Å². The van der Waals surface area contributed by atoms with E-state index in [0.717, 1.165) is 18.6 Å². The van der Waals surface area contributed by atoms with Crippen molar-refractivity contribution in [1.82, 2.24) is 24.8 Å². The molecule has 0 spiro atoms. The van der Waals surface area contributed by atoms with Crippen LogP contribution in [0, 0.1) is 23.0 Å². The van der Waals surface area contributed by atoms with Crippen LogP contribution in [0.4, 0.5) is 8.78 Å². The number of nitrogens with one attached hydrogen (secondary N) is 1. The molecule has 0 saturated carbocycles. The number of nitriles is 1. The van der Waals surface area contributed by atoms with Crippen molar-refractivity contribution < 1.29 is 32.6 Å². The van der Waals surface area contributed by atoms with Crippen molar-refractivity contribution in [1.29, 1.82) is 5.26 Å². The van der Waals surface area contributed by atoms with Gasteiger partial charge in [0.1, 0.15) is 36.3 Å². The van der Waals surface area contributed by atoms with Crippen molar-refractivity contribution >= 4 is 22.9 Å². The van der Waals surface area contributed by atoms with Crippen LogP contribution in [0.2, 0.25) is 0 Å². The first-order chi connectivity index (χ1) is 22.8. The van der Waals surface area contributed by atoms with Gasteiger partial charge in [-0.15, -0.1) is 0 Å². The number of ether oxygens (including phenoxy) is 3. The first kappa shape index (κ1) is 31.3. The highest BCUT2D eigenvalue weighted by Gasteiger charge is 2.24. The largest absolute Gasteiger partial charge is 0.473 e. The van der Waals surface area contributed by atoms with Crippen LogP contribution in [0.3, 0.4) is 0 Å². The van der Waals surface area contributed by atoms with Crippen LogP contribution < -0.4 is 10.1 Å². The fourth-order valence-electron chi connectivity index (χ4n) is 5.14. The number of amides is 1. The van der Waals surface area contributed by atoms with Crippen LogP contribution in [0.15, 0.2) is 66.9 Å². The van der Waals surface area contributed by atoms with E-state index in [9.17, 15) is 9.59 Å². The summed E-state index contributed by atoms with van der Waals surface area (Å²) in [5.74, 6) is -1.57. The second-order valence-corrected chi connectivity index (χ2v) is 10.8. The van der Waals surface area contributed by atoms with E-state index in [1.165, 1.54) is 19.4 Å². The van der Waals surface area contributed by atoms with Gasteiger partial charge in [-0.1, -0.05) is 12.1 Å². The lowest BCUT2D eigenvalue weighted by molar-refractivity contribution is -0.0589. The highest BCUT2D eigenvalue weighted by atomic mass is 19.1. The van der Waals surface area contributed by atoms with E-state index in [1.54, 1.807) is 42.5 Å². The van der Waals surface area contributed by atoms with Crippen LogP contribution in [-0.4, -0.2) is 57.8 Å². The fraction of sp³-hybridized carbons (Fsp3) is 0.235. The number of imidazole rings is 1. The van der Waals surface area contributed by atoms with Crippen LogP contribution in [0.5, 0.6) is 5.88 Å². The number of fused-ring (bicyclic) bond motifs is 1. The monoisotopic (exact) mass is 638 g/mol. The van der Waals surface area contributed by atoms with Gasteiger partial charge in [-0.3, -0.25) is 9.78 Å². The lowest BCUT2D eigenvalue weighted by atomic mass is 10.0. The van der Waals surface area contributed by atoms with E-state index in [1.807, 2.05) is 10.6 Å². The van der Waals surface area contributed by atoms with Crippen LogP contribution in [0.25, 0.3) is 22.3 Å². The topological polar surface area (TPSA) is 141 Å². The van der Waals surface area contributed by atoms with Gasteiger partial charge in [0.2, 0.25) is 5.88 Å². The number of benzene rings is 2. The molecule has 238 valence electrons. The number of methoxy groups -OCH3 is 1. The Balaban J connectivity index is 1.20. The van der Waals surface area contributed by atoms with Crippen molar-refractivity contribution in [2.24, 2.45) is 0 Å². The molecule has 1 aliphatic heterocycles. The standard InChI is InChI=1S/C34H28F2N6O5/c1-45-34(44)21-6-8-28-30(14-21)42(18-23-9-12-46-23)31(40-28)15-22-13-26(36)24(16-25(22)35)27-3-2-4-32(41-27)47-19-20-5-7-29(39-17-20)33(43)38-11-10-37/h2-8,13-14,16-17,23H,9,11-12,15,18-19H2,1H3,(H,38,43). The molecule has 1 saturated heterocycles. The zero-order valence-corrected chi connectivity index (χ0v) is 25.2. The number of hydrogen-bond donors (Lipinski definition) is 1. The number of rotatable bonds is 11. The molecule has 1 atom stereocenters. The van der Waals surface area contributed by atoms with E-state index in [0.29, 0.717) is 41.1 Å². The molecule has 2 aromatic carbocycles. The maximum absolute atomic E-state index is 15.6. The fourth-order valence-corrected chi connectivity index (χ4v) is 5.14. The molecule has 11 nitrogen and oxygen atoms in total. The average Bonchev–Trinajstić information content (AvgIpc) is 3.41. The van der Waals surface area contributed by atoms with E-state index in [-0.39, 0.29) is 54.1 Å². The van der Waals surface area contributed by atoms with Crippen molar-refractivity contribution in [3.63, 3.8) is 0 Å². The van der Waals surface area contributed by atoms with Gasteiger partial charge in [0, 0.05) is 36.4 Å². The quantitative estimate of drug-likeness (QED) is 0.160. The summed E-state index contributed by atoms with van der Waals surface area (Å²) in [5.41, 5.74) is 2.69. The van der Waals surface area contributed by atoms with Crippen molar-refractivity contribution in [3.8, 4) is 23.2 Å². The Kier molecular flexibility index (Phi) is 9.12. The first-order valence-corrected chi connectivity index (χ1v) is 14.7. The summed E-state index contributed by atoms with van der Waals surface area (Å²) in [5, 5.41) is 11.0. The zero-order valence-electron chi connectivity index (χ0n) is 25.2.